The SMILES string of the molecule is CSc1nccn2cc(C(=O)Cl)nc12. The molecule has 0 bridgehead atoms. The van der Waals surface area contributed by atoms with Crippen molar-refractivity contribution in [3.63, 3.8) is 0 Å². The first kappa shape index (κ1) is 9.48. The number of nitrogens with zero attached hydrogens (tertiary/aromatic N) is 3. The predicted molar refractivity (Wildman–Crippen MR) is 55.0 cm³/mol. The molecule has 0 aliphatic carbocycles. The van der Waals surface area contributed by atoms with Crippen LogP contribution in [0.15, 0.2) is 23.6 Å². The minimum absolute atomic E-state index is 0.245. The third-order valence-corrected chi connectivity index (χ3v) is 2.61. The maximum Gasteiger partial charge on any atom is 0.272 e. The number of thioether (sulfide) groups is 1. The minimum atomic E-state index is -0.555. The number of fused-ring (bicyclic) bond motifs is 1. The van der Waals surface area contributed by atoms with Gasteiger partial charge in [-0.15, -0.1) is 11.8 Å². The zero-order chi connectivity index (χ0) is 10.1. The van der Waals surface area contributed by atoms with Gasteiger partial charge in [-0.25, -0.2) is 9.97 Å². The van der Waals surface area contributed by atoms with Crippen LogP contribution >= 0.6 is 23.4 Å². The number of aromatic nitrogens is 3. The highest BCUT2D eigenvalue weighted by molar-refractivity contribution is 7.98. The van der Waals surface area contributed by atoms with Crippen LogP contribution in [-0.4, -0.2) is 25.9 Å². The van der Waals surface area contributed by atoms with Gasteiger partial charge in [-0.3, -0.25) is 4.79 Å². The highest BCUT2D eigenvalue weighted by Gasteiger charge is 2.10. The van der Waals surface area contributed by atoms with Crippen molar-refractivity contribution in [3.05, 3.63) is 24.3 Å². The zero-order valence-electron chi connectivity index (χ0n) is 7.27. The fourth-order valence-electron chi connectivity index (χ4n) is 1.13. The molecule has 4 nitrogen and oxygen atoms in total. The van der Waals surface area contributed by atoms with Crippen molar-refractivity contribution in [1.29, 1.82) is 0 Å². The number of halogens is 1. The van der Waals surface area contributed by atoms with Gasteiger partial charge in [0.15, 0.2) is 5.65 Å². The van der Waals surface area contributed by atoms with Gasteiger partial charge in [-0.1, -0.05) is 0 Å². The smallest absolute Gasteiger partial charge is 0.272 e. The van der Waals surface area contributed by atoms with E-state index in [1.807, 2.05) is 6.26 Å². The number of rotatable bonds is 2. The number of carbonyl (C=O) groups is 1. The number of hydrogen-bond acceptors (Lipinski definition) is 4. The summed E-state index contributed by atoms with van der Waals surface area (Å²) in [6.07, 6.45) is 6.87. The van der Waals surface area contributed by atoms with E-state index in [4.69, 9.17) is 11.6 Å². The van der Waals surface area contributed by atoms with Gasteiger partial charge in [0, 0.05) is 18.6 Å². The molecule has 0 radical (unpaired) electrons. The van der Waals surface area contributed by atoms with Crippen molar-refractivity contribution < 1.29 is 4.79 Å². The van der Waals surface area contributed by atoms with Crippen LogP contribution in [0.4, 0.5) is 0 Å². The Bertz CT molecular complexity index is 496. The topological polar surface area (TPSA) is 47.3 Å². The Morgan fingerprint density at radius 1 is 1.64 bits per heavy atom. The molecule has 2 aromatic heterocycles. The molecule has 6 heteroatoms. The van der Waals surface area contributed by atoms with Gasteiger partial charge in [0.2, 0.25) is 0 Å². The van der Waals surface area contributed by atoms with Crippen molar-refractivity contribution >= 4 is 34.3 Å². The maximum absolute atomic E-state index is 10.9. The van der Waals surface area contributed by atoms with E-state index in [-0.39, 0.29) is 5.69 Å². The van der Waals surface area contributed by atoms with Crippen molar-refractivity contribution in [2.75, 3.05) is 6.26 Å². The normalized spacial score (nSPS) is 10.7. The molecule has 14 heavy (non-hydrogen) atoms. The molecule has 0 fully saturated rings. The minimum Gasteiger partial charge on any atom is -0.302 e. The lowest BCUT2D eigenvalue weighted by molar-refractivity contribution is 0.107. The van der Waals surface area contributed by atoms with E-state index < -0.39 is 5.24 Å². The zero-order valence-corrected chi connectivity index (χ0v) is 8.84. The third-order valence-electron chi connectivity index (χ3n) is 1.74. The summed E-state index contributed by atoms with van der Waals surface area (Å²) >= 11 is 6.80. The third kappa shape index (κ3) is 1.49. The van der Waals surface area contributed by atoms with Gasteiger partial charge in [0.25, 0.3) is 5.24 Å². The Labute approximate surface area is 89.3 Å². The quantitative estimate of drug-likeness (QED) is 0.580. The molecule has 0 N–H and O–H groups in total. The van der Waals surface area contributed by atoms with Crippen molar-refractivity contribution in [2.24, 2.45) is 0 Å². The number of imidazole rings is 1. The van der Waals surface area contributed by atoms with Crippen LogP contribution in [0.1, 0.15) is 10.5 Å². The van der Waals surface area contributed by atoms with Crippen LogP contribution in [0, 0.1) is 0 Å². The Morgan fingerprint density at radius 3 is 3.07 bits per heavy atom. The molecule has 2 heterocycles. The second-order valence-electron chi connectivity index (χ2n) is 2.57. The summed E-state index contributed by atoms with van der Waals surface area (Å²) in [4.78, 5) is 19.1. The highest BCUT2D eigenvalue weighted by Crippen LogP contribution is 2.18. The van der Waals surface area contributed by atoms with Gasteiger partial charge in [-0.2, -0.15) is 0 Å². The monoisotopic (exact) mass is 227 g/mol. The molecule has 0 aromatic carbocycles. The van der Waals surface area contributed by atoms with Crippen LogP contribution in [0.3, 0.4) is 0 Å². The summed E-state index contributed by atoms with van der Waals surface area (Å²) in [5.74, 6) is 0. The molecule has 2 rings (SSSR count). The fourth-order valence-corrected chi connectivity index (χ4v) is 1.73. The predicted octanol–water partition coefficient (Wildman–Crippen LogP) is 1.83. The first-order chi connectivity index (χ1) is 6.72. The van der Waals surface area contributed by atoms with Crippen LogP contribution in [0.25, 0.3) is 5.65 Å². The van der Waals surface area contributed by atoms with E-state index in [0.29, 0.717) is 5.65 Å². The molecule has 0 spiro atoms. The van der Waals surface area contributed by atoms with Gasteiger partial charge in [-0.05, 0) is 17.9 Å². The molecule has 0 saturated carbocycles. The van der Waals surface area contributed by atoms with E-state index in [1.54, 1.807) is 23.0 Å². The summed E-state index contributed by atoms with van der Waals surface area (Å²) in [7, 11) is 0. The largest absolute Gasteiger partial charge is 0.302 e. The van der Waals surface area contributed by atoms with E-state index in [1.165, 1.54) is 11.8 Å². The molecule has 2 aromatic rings. The maximum atomic E-state index is 10.9. The summed E-state index contributed by atoms with van der Waals surface area (Å²) in [6.45, 7) is 0. The van der Waals surface area contributed by atoms with E-state index in [9.17, 15) is 4.79 Å². The second-order valence-corrected chi connectivity index (χ2v) is 3.71. The average Bonchev–Trinajstić information content (AvgIpc) is 2.60. The van der Waals surface area contributed by atoms with Gasteiger partial charge in [0.05, 0.1) is 0 Å². The molecule has 72 valence electrons. The Hall–Kier alpha value is -1.07. The van der Waals surface area contributed by atoms with E-state index >= 15 is 0 Å². The Balaban J connectivity index is 2.70. The Kier molecular flexibility index (Phi) is 2.43. The molecule has 0 aliphatic rings. The molecule has 0 saturated heterocycles. The van der Waals surface area contributed by atoms with Crippen molar-refractivity contribution in [3.8, 4) is 0 Å². The van der Waals surface area contributed by atoms with Crippen LogP contribution in [0.5, 0.6) is 0 Å². The van der Waals surface area contributed by atoms with E-state index in [0.717, 1.165) is 5.03 Å². The van der Waals surface area contributed by atoms with Crippen LogP contribution < -0.4 is 0 Å². The second kappa shape index (κ2) is 3.59. The average molecular weight is 228 g/mol. The molecule has 0 aliphatic heterocycles. The number of carbonyl (C=O) groups excluding carboxylic acids is 1. The molecular formula is C8H6ClN3OS. The van der Waals surface area contributed by atoms with Crippen molar-refractivity contribution in [1.82, 2.24) is 14.4 Å². The molecule has 0 atom stereocenters. The fraction of sp³-hybridized carbons (Fsp3) is 0.125. The van der Waals surface area contributed by atoms with Crippen molar-refractivity contribution in [2.45, 2.75) is 5.03 Å². The van der Waals surface area contributed by atoms with Crippen LogP contribution in [0.2, 0.25) is 0 Å². The summed E-state index contributed by atoms with van der Waals surface area (Å²) in [6, 6.07) is 0. The number of hydrogen-bond donors (Lipinski definition) is 0. The van der Waals surface area contributed by atoms with E-state index in [2.05, 4.69) is 9.97 Å². The lowest BCUT2D eigenvalue weighted by Crippen LogP contribution is -1.88. The lowest BCUT2D eigenvalue weighted by atomic mass is 10.5. The molecular weight excluding hydrogens is 222 g/mol. The summed E-state index contributed by atoms with van der Waals surface area (Å²) in [5, 5.41) is 0.220. The Morgan fingerprint density at radius 2 is 2.43 bits per heavy atom. The lowest BCUT2D eigenvalue weighted by Gasteiger charge is -1.96. The van der Waals surface area contributed by atoms with Gasteiger partial charge < -0.3 is 4.40 Å². The van der Waals surface area contributed by atoms with Crippen LogP contribution in [-0.2, 0) is 0 Å². The van der Waals surface area contributed by atoms with Gasteiger partial charge >= 0.3 is 0 Å². The molecule has 0 amide bonds. The first-order valence-electron chi connectivity index (χ1n) is 3.80. The first-order valence-corrected chi connectivity index (χ1v) is 5.40. The van der Waals surface area contributed by atoms with Gasteiger partial charge in [0.1, 0.15) is 10.7 Å². The summed E-state index contributed by atoms with van der Waals surface area (Å²) in [5.41, 5.74) is 0.902. The molecule has 0 unspecified atom stereocenters. The standard InChI is InChI=1S/C8H6ClN3OS/c1-14-8-7-11-5(6(9)13)4-12(7)3-2-10-8/h2-4H,1H3. The highest BCUT2D eigenvalue weighted by atomic mass is 35.5. The summed E-state index contributed by atoms with van der Waals surface area (Å²) < 4.78 is 1.73.